The number of piperidine rings is 2. The van der Waals surface area contributed by atoms with Gasteiger partial charge in [-0.1, -0.05) is 12.3 Å². The Hall–Kier alpha value is -3.01. The minimum Gasteiger partial charge on any atom is -0.442 e. The lowest BCUT2D eigenvalue weighted by Crippen LogP contribution is -2.50. The minimum absolute atomic E-state index is 0.106. The van der Waals surface area contributed by atoms with E-state index in [0.29, 0.717) is 19.1 Å². The third-order valence-corrected chi connectivity index (χ3v) is 7.37. The molecule has 35 heavy (non-hydrogen) atoms. The molecule has 3 atom stereocenters. The molecule has 0 radical (unpaired) electrons. The second-order valence-corrected chi connectivity index (χ2v) is 9.39. The number of hydrogen-bond donors (Lipinski definition) is 2. The molecule has 3 saturated heterocycles. The number of carbonyl (C=O) groups excluding carboxylic acids is 1. The number of likely N-dealkylation sites (tertiary alicyclic amines) is 2. The number of hydrogen-bond acceptors (Lipinski definition) is 9. The number of nitrogens with two attached hydrogens (primary N) is 1. The smallest absolute Gasteiger partial charge is 0.410 e. The summed E-state index contributed by atoms with van der Waals surface area (Å²) < 4.78 is 27.0. The van der Waals surface area contributed by atoms with Crippen LogP contribution in [-0.2, 0) is 9.47 Å². The van der Waals surface area contributed by atoms with Gasteiger partial charge in [0.15, 0.2) is 28.7 Å². The number of nitrogens with zero attached hydrogens (tertiary/aromatic N) is 6. The first-order valence-corrected chi connectivity index (χ1v) is 12.1. The summed E-state index contributed by atoms with van der Waals surface area (Å²) in [5.74, 6) is 2.35. The molecule has 11 nitrogen and oxygen atoms in total. The number of halogens is 1. The largest absolute Gasteiger partial charge is 0.442 e. The number of aliphatic hydroxyl groups is 1. The van der Waals surface area contributed by atoms with E-state index < -0.39 is 36.7 Å². The summed E-state index contributed by atoms with van der Waals surface area (Å²) in [6.45, 7) is 2.88. The highest BCUT2D eigenvalue weighted by Crippen LogP contribution is 2.40. The number of aliphatic hydroxyl groups excluding tert-OH is 1. The van der Waals surface area contributed by atoms with Gasteiger partial charge in [0, 0.05) is 25.6 Å². The predicted molar refractivity (Wildman–Crippen MR) is 123 cm³/mol. The third kappa shape index (κ3) is 4.39. The Kier molecular flexibility index (Phi) is 6.48. The highest BCUT2D eigenvalue weighted by molar-refractivity contribution is 5.81. The van der Waals surface area contributed by atoms with Crippen molar-refractivity contribution in [1.29, 1.82) is 0 Å². The minimum atomic E-state index is -1.56. The lowest BCUT2D eigenvalue weighted by Gasteiger charge is -2.40. The maximum Gasteiger partial charge on any atom is 0.410 e. The highest BCUT2D eigenvalue weighted by Gasteiger charge is 2.51. The second-order valence-electron chi connectivity index (χ2n) is 9.39. The van der Waals surface area contributed by atoms with Crippen LogP contribution in [0.1, 0.15) is 44.8 Å². The van der Waals surface area contributed by atoms with Gasteiger partial charge in [-0.25, -0.2) is 9.78 Å². The van der Waals surface area contributed by atoms with Crippen LogP contribution in [0, 0.1) is 18.4 Å². The number of nitrogen functional groups attached to an aromatic ring is 1. The number of amides is 1. The topological polar surface area (TPSA) is 132 Å². The first kappa shape index (κ1) is 23.7. The second kappa shape index (κ2) is 9.56. The van der Waals surface area contributed by atoms with E-state index in [1.54, 1.807) is 4.90 Å². The molecule has 0 aromatic carbocycles. The average Bonchev–Trinajstić information content (AvgIpc) is 3.46. The van der Waals surface area contributed by atoms with Crippen LogP contribution in [0.3, 0.4) is 0 Å². The Morgan fingerprint density at radius 3 is 2.71 bits per heavy atom. The van der Waals surface area contributed by atoms with E-state index in [2.05, 4.69) is 25.8 Å². The van der Waals surface area contributed by atoms with Crippen LogP contribution in [0.4, 0.5) is 15.0 Å². The van der Waals surface area contributed by atoms with Gasteiger partial charge in [0.2, 0.25) is 0 Å². The monoisotopic (exact) mass is 487 g/mol. The summed E-state index contributed by atoms with van der Waals surface area (Å²) in [6.07, 6.45) is 9.56. The van der Waals surface area contributed by atoms with Crippen LogP contribution < -0.4 is 5.73 Å². The first-order valence-electron chi connectivity index (χ1n) is 12.1. The molecule has 5 heterocycles. The lowest BCUT2D eigenvalue weighted by atomic mass is 9.98. The molecule has 0 unspecified atom stereocenters. The van der Waals surface area contributed by atoms with Crippen molar-refractivity contribution in [3.8, 4) is 12.3 Å². The summed E-state index contributed by atoms with van der Waals surface area (Å²) >= 11 is 0. The Morgan fingerprint density at radius 2 is 2.03 bits per heavy atom. The van der Waals surface area contributed by atoms with Crippen LogP contribution in [0.25, 0.3) is 11.2 Å². The SMILES string of the molecule is C#C[C@]1(CO)O[C@@H](n2cnc3c(N)nc(F)nc32)C[C@@H]1OC(=O)N1CCC(N2CCCCC2)CC1. The highest BCUT2D eigenvalue weighted by atomic mass is 19.1. The van der Waals surface area contributed by atoms with Gasteiger partial charge in [-0.2, -0.15) is 14.4 Å². The van der Waals surface area contributed by atoms with Gasteiger partial charge in [0.05, 0.1) is 12.9 Å². The summed E-state index contributed by atoms with van der Waals surface area (Å²) in [7, 11) is 0. The normalized spacial score (nSPS) is 28.3. The van der Waals surface area contributed by atoms with E-state index in [4.69, 9.17) is 21.6 Å². The van der Waals surface area contributed by atoms with Crippen molar-refractivity contribution in [2.75, 3.05) is 38.5 Å². The van der Waals surface area contributed by atoms with Crippen molar-refractivity contribution in [1.82, 2.24) is 29.3 Å². The van der Waals surface area contributed by atoms with Gasteiger partial charge in [0.1, 0.15) is 6.23 Å². The molecule has 0 spiro atoms. The van der Waals surface area contributed by atoms with Crippen molar-refractivity contribution in [3.63, 3.8) is 0 Å². The average molecular weight is 488 g/mol. The molecule has 12 heteroatoms. The molecule has 5 rings (SSSR count). The molecule has 3 N–H and O–H groups in total. The van der Waals surface area contributed by atoms with Crippen molar-refractivity contribution in [3.05, 3.63) is 12.4 Å². The lowest BCUT2D eigenvalue weighted by molar-refractivity contribution is -0.0940. The summed E-state index contributed by atoms with van der Waals surface area (Å²) in [6, 6.07) is 0.491. The standard InChI is InChI=1S/C23H30FN7O4/c1-2-23(13-32)16(12-17(35-23)31-14-26-18-19(25)27-21(24)28-20(18)31)34-22(33)30-10-6-15(7-11-30)29-8-4-3-5-9-29/h1,14-17,32H,3-13H2,(H2,25,27,28)/t16-,17+,23+/m0/s1. The molecule has 188 valence electrons. The van der Waals surface area contributed by atoms with Crippen molar-refractivity contribution in [2.24, 2.45) is 0 Å². The van der Waals surface area contributed by atoms with Gasteiger partial charge in [-0.3, -0.25) is 4.57 Å². The van der Waals surface area contributed by atoms with Crippen molar-refractivity contribution < 1.29 is 23.8 Å². The molecular weight excluding hydrogens is 457 g/mol. The molecule has 0 saturated carbocycles. The fraction of sp³-hybridized carbons (Fsp3) is 0.652. The Labute approximate surface area is 202 Å². The summed E-state index contributed by atoms with van der Waals surface area (Å²) in [5, 5.41) is 10.1. The fourth-order valence-corrected chi connectivity index (χ4v) is 5.38. The quantitative estimate of drug-likeness (QED) is 0.484. The number of carbonyl (C=O) groups is 1. The molecule has 2 aromatic rings. The Bertz CT molecular complexity index is 1120. The molecule has 3 aliphatic heterocycles. The zero-order chi connectivity index (χ0) is 24.6. The van der Waals surface area contributed by atoms with Gasteiger partial charge in [0.25, 0.3) is 0 Å². The summed E-state index contributed by atoms with van der Waals surface area (Å²) in [5.41, 5.74) is 4.53. The van der Waals surface area contributed by atoms with E-state index >= 15 is 0 Å². The third-order valence-electron chi connectivity index (χ3n) is 7.37. The van der Waals surface area contributed by atoms with E-state index in [1.165, 1.54) is 30.2 Å². The van der Waals surface area contributed by atoms with Crippen LogP contribution in [0.2, 0.25) is 0 Å². The van der Waals surface area contributed by atoms with Gasteiger partial charge in [-0.15, -0.1) is 6.42 Å². The number of terminal acetylenes is 1. The predicted octanol–water partition coefficient (Wildman–Crippen LogP) is 1.29. The fourth-order valence-electron chi connectivity index (χ4n) is 5.38. The first-order chi connectivity index (χ1) is 16.9. The number of ether oxygens (including phenoxy) is 2. The van der Waals surface area contributed by atoms with E-state index in [9.17, 15) is 14.3 Å². The van der Waals surface area contributed by atoms with E-state index in [1.807, 2.05) is 0 Å². The van der Waals surface area contributed by atoms with Crippen molar-refractivity contribution >= 4 is 23.1 Å². The number of anilines is 1. The number of imidazole rings is 1. The van der Waals surface area contributed by atoms with Crippen LogP contribution in [0.15, 0.2) is 6.33 Å². The zero-order valence-corrected chi connectivity index (χ0v) is 19.5. The molecule has 1 amide bonds. The molecular formula is C23H30FN7O4. The summed E-state index contributed by atoms with van der Waals surface area (Å²) in [4.78, 5) is 28.6. The number of aromatic nitrogens is 4. The molecule has 0 aliphatic carbocycles. The molecule has 3 fully saturated rings. The Balaban J connectivity index is 1.28. The van der Waals surface area contributed by atoms with Gasteiger partial charge in [-0.05, 0) is 38.8 Å². The molecule has 0 bridgehead atoms. The van der Waals surface area contributed by atoms with E-state index in [0.717, 1.165) is 25.9 Å². The van der Waals surface area contributed by atoms with Gasteiger partial charge >= 0.3 is 12.2 Å². The van der Waals surface area contributed by atoms with Gasteiger partial charge < -0.3 is 30.1 Å². The zero-order valence-electron chi connectivity index (χ0n) is 19.5. The Morgan fingerprint density at radius 1 is 1.29 bits per heavy atom. The number of fused-ring (bicyclic) bond motifs is 1. The number of rotatable bonds is 4. The maximum atomic E-state index is 13.8. The molecule has 3 aliphatic rings. The van der Waals surface area contributed by atoms with Crippen molar-refractivity contribution in [2.45, 2.75) is 62.5 Å². The maximum absolute atomic E-state index is 13.8. The van der Waals surface area contributed by atoms with Crippen LogP contribution >= 0.6 is 0 Å². The van der Waals surface area contributed by atoms with Crippen LogP contribution in [-0.4, -0.2) is 91.1 Å². The molecule has 2 aromatic heterocycles. The van der Waals surface area contributed by atoms with Crippen LogP contribution in [0.5, 0.6) is 0 Å². The van der Waals surface area contributed by atoms with E-state index in [-0.39, 0.29) is 23.4 Å².